The lowest BCUT2D eigenvalue weighted by molar-refractivity contribution is -0.153. The standard InChI is InChI=1S/C17H30N2O2/c1-5-7-14(20)18-10-16(3)9-17(4,11-18)13-19(12-16)15(21)8-6-2/h5-13H2,1-4H3. The Labute approximate surface area is 128 Å². The van der Waals surface area contributed by atoms with E-state index in [0.29, 0.717) is 12.8 Å². The maximum Gasteiger partial charge on any atom is 0.222 e. The molecule has 120 valence electrons. The highest BCUT2D eigenvalue weighted by Gasteiger charge is 2.50. The van der Waals surface area contributed by atoms with Crippen LogP contribution in [0.1, 0.15) is 59.8 Å². The van der Waals surface area contributed by atoms with Crippen molar-refractivity contribution in [1.82, 2.24) is 9.80 Å². The highest BCUT2D eigenvalue weighted by atomic mass is 16.2. The Kier molecular flexibility index (Phi) is 4.64. The Balaban J connectivity index is 2.13. The number of amides is 2. The van der Waals surface area contributed by atoms with Gasteiger partial charge in [-0.3, -0.25) is 9.59 Å². The normalized spacial score (nSPS) is 32.2. The van der Waals surface area contributed by atoms with Gasteiger partial charge in [0.05, 0.1) is 0 Å². The predicted molar refractivity (Wildman–Crippen MR) is 83.8 cm³/mol. The second-order valence-corrected chi connectivity index (χ2v) is 7.80. The van der Waals surface area contributed by atoms with Crippen LogP contribution in [0.25, 0.3) is 0 Å². The molecule has 2 aliphatic rings. The lowest BCUT2D eigenvalue weighted by atomic mass is 9.65. The van der Waals surface area contributed by atoms with Crippen molar-refractivity contribution < 1.29 is 9.59 Å². The SMILES string of the molecule is CCCC(=O)N1CC2(C)CN(C(=O)CCC)CC(C)(C1)C2. The minimum Gasteiger partial charge on any atom is -0.341 e. The topological polar surface area (TPSA) is 40.6 Å². The second kappa shape index (κ2) is 5.98. The van der Waals surface area contributed by atoms with E-state index in [1.54, 1.807) is 0 Å². The van der Waals surface area contributed by atoms with Gasteiger partial charge in [-0.2, -0.15) is 0 Å². The molecular weight excluding hydrogens is 264 g/mol. The van der Waals surface area contributed by atoms with Gasteiger partial charge >= 0.3 is 0 Å². The Bertz CT molecular complexity index is 369. The molecule has 0 aromatic heterocycles. The van der Waals surface area contributed by atoms with Gasteiger partial charge in [-0.25, -0.2) is 0 Å². The van der Waals surface area contributed by atoms with E-state index >= 15 is 0 Å². The van der Waals surface area contributed by atoms with Gasteiger partial charge in [-0.05, 0) is 19.3 Å². The van der Waals surface area contributed by atoms with Crippen molar-refractivity contribution in [2.45, 2.75) is 59.8 Å². The van der Waals surface area contributed by atoms with E-state index in [4.69, 9.17) is 0 Å². The van der Waals surface area contributed by atoms with Crippen LogP contribution in [0.5, 0.6) is 0 Å². The minimum atomic E-state index is 0.0536. The van der Waals surface area contributed by atoms with Crippen molar-refractivity contribution in [3.8, 4) is 0 Å². The van der Waals surface area contributed by atoms with E-state index in [1.807, 2.05) is 0 Å². The summed E-state index contributed by atoms with van der Waals surface area (Å²) in [7, 11) is 0. The summed E-state index contributed by atoms with van der Waals surface area (Å²) in [6.45, 7) is 11.8. The van der Waals surface area contributed by atoms with E-state index in [9.17, 15) is 9.59 Å². The minimum absolute atomic E-state index is 0.0536. The largest absolute Gasteiger partial charge is 0.341 e. The summed E-state index contributed by atoms with van der Waals surface area (Å²) in [6.07, 6.45) is 4.22. The molecule has 0 atom stereocenters. The molecule has 0 aromatic rings. The summed E-state index contributed by atoms with van der Waals surface area (Å²) in [5, 5.41) is 0. The number of hydrogen-bond acceptors (Lipinski definition) is 2. The molecule has 0 aromatic carbocycles. The molecule has 0 unspecified atom stereocenters. The molecule has 21 heavy (non-hydrogen) atoms. The molecule has 0 saturated carbocycles. The molecule has 2 amide bonds. The van der Waals surface area contributed by atoms with Crippen LogP contribution in [0, 0.1) is 10.8 Å². The van der Waals surface area contributed by atoms with Crippen molar-refractivity contribution >= 4 is 11.8 Å². The van der Waals surface area contributed by atoms with Crippen LogP contribution < -0.4 is 0 Å². The summed E-state index contributed by atoms with van der Waals surface area (Å²) < 4.78 is 0. The fourth-order valence-electron chi connectivity index (χ4n) is 4.41. The van der Waals surface area contributed by atoms with Crippen molar-refractivity contribution in [1.29, 1.82) is 0 Å². The van der Waals surface area contributed by atoms with Gasteiger partial charge in [0, 0.05) is 49.9 Å². The molecule has 2 saturated heterocycles. The monoisotopic (exact) mass is 294 g/mol. The average molecular weight is 294 g/mol. The molecule has 2 bridgehead atoms. The van der Waals surface area contributed by atoms with Gasteiger partial charge < -0.3 is 9.80 Å². The van der Waals surface area contributed by atoms with Crippen molar-refractivity contribution in [2.75, 3.05) is 26.2 Å². The van der Waals surface area contributed by atoms with E-state index < -0.39 is 0 Å². The number of carbonyl (C=O) groups excluding carboxylic acids is 2. The third-order valence-electron chi connectivity index (χ3n) is 4.78. The van der Waals surface area contributed by atoms with E-state index in [-0.39, 0.29) is 22.6 Å². The number of piperidine rings is 2. The molecular formula is C17H30N2O2. The summed E-state index contributed by atoms with van der Waals surface area (Å²) in [5.74, 6) is 0.561. The predicted octanol–water partition coefficient (Wildman–Crippen LogP) is 2.67. The maximum atomic E-state index is 12.3. The molecule has 0 radical (unpaired) electrons. The molecule has 0 spiro atoms. The average Bonchev–Trinajstić information content (AvgIpc) is 2.36. The molecule has 0 aliphatic carbocycles. The van der Waals surface area contributed by atoms with Gasteiger partial charge in [0.1, 0.15) is 0 Å². The number of likely N-dealkylation sites (tertiary alicyclic amines) is 2. The molecule has 4 heteroatoms. The van der Waals surface area contributed by atoms with E-state index in [1.165, 1.54) is 0 Å². The van der Waals surface area contributed by atoms with Crippen LogP contribution in [-0.4, -0.2) is 47.8 Å². The van der Waals surface area contributed by atoms with Crippen molar-refractivity contribution in [3.63, 3.8) is 0 Å². The first-order chi connectivity index (χ1) is 9.81. The Morgan fingerprint density at radius 3 is 1.43 bits per heavy atom. The van der Waals surface area contributed by atoms with Gasteiger partial charge in [-0.1, -0.05) is 27.7 Å². The number of rotatable bonds is 4. The Morgan fingerprint density at radius 2 is 1.14 bits per heavy atom. The highest BCUT2D eigenvalue weighted by molar-refractivity contribution is 5.77. The summed E-state index contributed by atoms with van der Waals surface area (Å²) in [4.78, 5) is 28.7. The van der Waals surface area contributed by atoms with Gasteiger partial charge in [0.15, 0.2) is 0 Å². The second-order valence-electron chi connectivity index (χ2n) is 7.80. The Hall–Kier alpha value is -1.06. The maximum absolute atomic E-state index is 12.3. The Morgan fingerprint density at radius 1 is 0.810 bits per heavy atom. The molecule has 2 heterocycles. The highest BCUT2D eigenvalue weighted by Crippen LogP contribution is 2.45. The van der Waals surface area contributed by atoms with Crippen molar-refractivity contribution in [2.24, 2.45) is 10.8 Å². The molecule has 0 N–H and O–H groups in total. The molecule has 2 aliphatic heterocycles. The first-order valence-corrected chi connectivity index (χ1v) is 8.36. The summed E-state index contributed by atoms with van der Waals surface area (Å²) in [6, 6.07) is 0. The van der Waals surface area contributed by atoms with Crippen LogP contribution in [0.3, 0.4) is 0 Å². The first-order valence-electron chi connectivity index (χ1n) is 8.36. The van der Waals surface area contributed by atoms with Crippen LogP contribution in [0.4, 0.5) is 0 Å². The number of hydrogen-bond donors (Lipinski definition) is 0. The number of carbonyl (C=O) groups is 2. The van der Waals surface area contributed by atoms with Crippen LogP contribution in [0.2, 0.25) is 0 Å². The quantitative estimate of drug-likeness (QED) is 0.800. The third-order valence-corrected chi connectivity index (χ3v) is 4.78. The van der Waals surface area contributed by atoms with Gasteiger partial charge in [0.25, 0.3) is 0 Å². The van der Waals surface area contributed by atoms with Crippen LogP contribution in [-0.2, 0) is 9.59 Å². The lowest BCUT2D eigenvalue weighted by Gasteiger charge is -2.56. The van der Waals surface area contributed by atoms with Crippen molar-refractivity contribution in [3.05, 3.63) is 0 Å². The zero-order valence-corrected chi connectivity index (χ0v) is 14.1. The van der Waals surface area contributed by atoms with Crippen LogP contribution in [0.15, 0.2) is 0 Å². The summed E-state index contributed by atoms with van der Waals surface area (Å²) >= 11 is 0. The van der Waals surface area contributed by atoms with Gasteiger partial charge in [-0.15, -0.1) is 0 Å². The fraction of sp³-hybridized carbons (Fsp3) is 0.882. The smallest absolute Gasteiger partial charge is 0.222 e. The number of nitrogens with zero attached hydrogens (tertiary/aromatic N) is 2. The molecule has 4 nitrogen and oxygen atoms in total. The van der Waals surface area contributed by atoms with E-state index in [2.05, 4.69) is 37.5 Å². The number of fused-ring (bicyclic) bond motifs is 2. The summed E-state index contributed by atoms with van der Waals surface area (Å²) in [5.41, 5.74) is 0.107. The zero-order valence-electron chi connectivity index (χ0n) is 14.1. The van der Waals surface area contributed by atoms with Gasteiger partial charge in [0.2, 0.25) is 11.8 Å². The fourth-order valence-corrected chi connectivity index (χ4v) is 4.41. The first kappa shape index (κ1) is 16.3. The molecule has 2 fully saturated rings. The third kappa shape index (κ3) is 3.58. The van der Waals surface area contributed by atoms with E-state index in [0.717, 1.165) is 45.4 Å². The van der Waals surface area contributed by atoms with Crippen LogP contribution >= 0.6 is 0 Å². The molecule has 2 rings (SSSR count). The zero-order chi connectivity index (χ0) is 15.7. The lowest BCUT2D eigenvalue weighted by Crippen LogP contribution is -2.63.